The molecule has 0 amide bonds. The number of ether oxygens (including phenoxy) is 1. The summed E-state index contributed by atoms with van der Waals surface area (Å²) < 4.78 is 6.67. The van der Waals surface area contributed by atoms with Crippen molar-refractivity contribution >= 4 is 53.3 Å². The molecule has 0 fully saturated rings. The predicted octanol–water partition coefficient (Wildman–Crippen LogP) is 4.95. The third-order valence-corrected chi connectivity index (χ3v) is 5.29. The summed E-state index contributed by atoms with van der Waals surface area (Å²) >= 11 is 6.92. The number of hydrogen-bond donors (Lipinski definition) is 0. The van der Waals surface area contributed by atoms with Crippen LogP contribution in [0, 0.1) is 0 Å². The Bertz CT molecular complexity index is 911. The molecule has 3 aromatic rings. The molecule has 6 heteroatoms. The van der Waals surface area contributed by atoms with Crippen LogP contribution in [0.15, 0.2) is 65.3 Å². The highest BCUT2D eigenvalue weighted by Crippen LogP contribution is 2.28. The van der Waals surface area contributed by atoms with Gasteiger partial charge in [0.05, 0.1) is 33.0 Å². The van der Waals surface area contributed by atoms with Crippen molar-refractivity contribution in [3.05, 3.63) is 76.5 Å². The van der Waals surface area contributed by atoms with Crippen molar-refractivity contribution in [1.29, 1.82) is 0 Å². The van der Waals surface area contributed by atoms with Gasteiger partial charge in [-0.2, -0.15) is 0 Å². The second-order valence-corrected chi connectivity index (χ2v) is 6.66. The van der Waals surface area contributed by atoms with Gasteiger partial charge in [0.2, 0.25) is 0 Å². The smallest absolute Gasteiger partial charge is 0.338 e. The van der Waals surface area contributed by atoms with E-state index in [1.807, 2.05) is 30.3 Å². The fourth-order valence-corrected chi connectivity index (χ4v) is 2.67. The van der Waals surface area contributed by atoms with Crippen molar-refractivity contribution in [3.63, 3.8) is 0 Å². The van der Waals surface area contributed by atoms with Crippen LogP contribution in [-0.2, 0) is 4.74 Å². The van der Waals surface area contributed by atoms with E-state index in [2.05, 4.69) is 41.8 Å². The zero-order chi connectivity index (χ0) is 16.9. The van der Waals surface area contributed by atoms with Gasteiger partial charge in [0, 0.05) is 4.48 Å². The number of fused-ring (bicyclic) bond motifs is 1. The number of carbonyl (C=O) groups excluding carboxylic acids is 1. The van der Waals surface area contributed by atoms with Crippen LogP contribution >= 0.6 is 31.9 Å². The highest BCUT2D eigenvalue weighted by Gasteiger charge is 2.11. The number of carbonyl (C=O) groups is 1. The van der Waals surface area contributed by atoms with E-state index in [0.717, 1.165) is 11.0 Å². The summed E-state index contributed by atoms with van der Waals surface area (Å²) in [6.07, 6.45) is 1.67. The largest absolute Gasteiger partial charge is 0.457 e. The third kappa shape index (κ3) is 3.88. The van der Waals surface area contributed by atoms with Crippen LogP contribution in [0.4, 0.5) is 0 Å². The SMILES string of the molecule is O=C(OC/C(Br)=C(/Br)c1cnc2ccccc2n1)c1ccccc1. The van der Waals surface area contributed by atoms with Crippen molar-refractivity contribution in [2.75, 3.05) is 6.61 Å². The molecule has 1 heterocycles. The van der Waals surface area contributed by atoms with E-state index in [9.17, 15) is 4.79 Å². The highest BCUT2D eigenvalue weighted by atomic mass is 79.9. The summed E-state index contributed by atoms with van der Waals surface area (Å²) in [6.45, 7) is 0.100. The molecule has 0 N–H and O–H groups in total. The standard InChI is InChI=1S/C18H12Br2N2O2/c19-13(11-24-18(23)12-6-2-1-3-7-12)17(20)16-10-21-14-8-4-5-9-15(14)22-16/h1-10H,11H2/b17-13-. The fourth-order valence-electron chi connectivity index (χ4n) is 2.05. The molecule has 0 atom stereocenters. The third-order valence-electron chi connectivity index (χ3n) is 3.25. The number of halogens is 2. The Kier molecular flexibility index (Phi) is 5.37. The van der Waals surface area contributed by atoms with Gasteiger partial charge in [-0.25, -0.2) is 9.78 Å². The van der Waals surface area contributed by atoms with Crippen molar-refractivity contribution in [1.82, 2.24) is 9.97 Å². The number of hydrogen-bond acceptors (Lipinski definition) is 4. The lowest BCUT2D eigenvalue weighted by Gasteiger charge is -2.07. The maximum absolute atomic E-state index is 12.0. The first-order chi connectivity index (χ1) is 11.6. The van der Waals surface area contributed by atoms with Gasteiger partial charge < -0.3 is 4.74 Å². The van der Waals surface area contributed by atoms with Crippen LogP contribution in [0.5, 0.6) is 0 Å². The number of rotatable bonds is 4. The Morgan fingerprint density at radius 3 is 2.38 bits per heavy atom. The summed E-state index contributed by atoms with van der Waals surface area (Å²) in [5.41, 5.74) is 2.80. The molecule has 0 saturated carbocycles. The number of benzene rings is 2. The van der Waals surface area contributed by atoms with Crippen LogP contribution in [0.2, 0.25) is 0 Å². The van der Waals surface area contributed by atoms with Gasteiger partial charge in [-0.05, 0) is 40.2 Å². The Morgan fingerprint density at radius 1 is 0.958 bits per heavy atom. The summed E-state index contributed by atoms with van der Waals surface area (Å²) in [4.78, 5) is 20.9. The van der Waals surface area contributed by atoms with Crippen LogP contribution in [-0.4, -0.2) is 22.5 Å². The zero-order valence-electron chi connectivity index (χ0n) is 12.4. The zero-order valence-corrected chi connectivity index (χ0v) is 15.6. The molecule has 1 aromatic heterocycles. The van der Waals surface area contributed by atoms with Gasteiger partial charge in [0.1, 0.15) is 6.61 Å². The monoisotopic (exact) mass is 446 g/mol. The van der Waals surface area contributed by atoms with Gasteiger partial charge >= 0.3 is 5.97 Å². The molecule has 0 aliphatic carbocycles. The van der Waals surface area contributed by atoms with Crippen molar-refractivity contribution in [2.45, 2.75) is 0 Å². The minimum atomic E-state index is -0.377. The molecule has 0 aliphatic rings. The molecule has 0 aliphatic heterocycles. The van der Waals surface area contributed by atoms with Crippen molar-refractivity contribution in [2.24, 2.45) is 0 Å². The molecular weight excluding hydrogens is 436 g/mol. The van der Waals surface area contributed by atoms with Crippen molar-refractivity contribution in [3.8, 4) is 0 Å². The number of para-hydroxylation sites is 2. The normalized spacial score (nSPS) is 11.9. The van der Waals surface area contributed by atoms with Gasteiger partial charge in [0.15, 0.2) is 0 Å². The minimum Gasteiger partial charge on any atom is -0.457 e. The van der Waals surface area contributed by atoms with Gasteiger partial charge in [-0.15, -0.1) is 0 Å². The maximum atomic E-state index is 12.0. The van der Waals surface area contributed by atoms with Crippen LogP contribution < -0.4 is 0 Å². The summed E-state index contributed by atoms with van der Waals surface area (Å²) in [6, 6.07) is 16.5. The first-order valence-corrected chi connectivity index (χ1v) is 8.72. The average Bonchev–Trinajstić information content (AvgIpc) is 2.65. The number of esters is 1. The second-order valence-electron chi connectivity index (χ2n) is 4.90. The second kappa shape index (κ2) is 7.68. The lowest BCUT2D eigenvalue weighted by atomic mass is 10.2. The van der Waals surface area contributed by atoms with Gasteiger partial charge in [0.25, 0.3) is 0 Å². The molecule has 0 unspecified atom stereocenters. The Hall–Kier alpha value is -2.05. The lowest BCUT2D eigenvalue weighted by molar-refractivity contribution is 0.0548. The average molecular weight is 448 g/mol. The number of aromatic nitrogens is 2. The Morgan fingerprint density at radius 2 is 1.62 bits per heavy atom. The molecule has 2 aromatic carbocycles. The van der Waals surface area contributed by atoms with E-state index in [1.54, 1.807) is 30.5 Å². The molecule has 0 bridgehead atoms. The Balaban J connectivity index is 1.76. The highest BCUT2D eigenvalue weighted by molar-refractivity contribution is 9.16. The van der Waals surface area contributed by atoms with Gasteiger partial charge in [-0.3, -0.25) is 4.98 Å². The van der Waals surface area contributed by atoms with Crippen LogP contribution in [0.1, 0.15) is 16.1 Å². The predicted molar refractivity (Wildman–Crippen MR) is 101 cm³/mol. The van der Waals surface area contributed by atoms with E-state index < -0.39 is 0 Å². The maximum Gasteiger partial charge on any atom is 0.338 e. The molecule has 0 spiro atoms. The molecule has 4 nitrogen and oxygen atoms in total. The Labute approximate surface area is 155 Å². The molecular formula is C18H12Br2N2O2. The first-order valence-electron chi connectivity index (χ1n) is 7.13. The van der Waals surface area contributed by atoms with E-state index in [1.165, 1.54) is 0 Å². The van der Waals surface area contributed by atoms with E-state index >= 15 is 0 Å². The molecule has 0 saturated heterocycles. The van der Waals surface area contributed by atoms with E-state index in [0.29, 0.717) is 20.2 Å². The van der Waals surface area contributed by atoms with E-state index in [-0.39, 0.29) is 12.6 Å². The summed E-state index contributed by atoms with van der Waals surface area (Å²) in [7, 11) is 0. The topological polar surface area (TPSA) is 52.1 Å². The lowest BCUT2D eigenvalue weighted by Crippen LogP contribution is -2.06. The van der Waals surface area contributed by atoms with Crippen LogP contribution in [0.25, 0.3) is 15.5 Å². The van der Waals surface area contributed by atoms with Gasteiger partial charge in [-0.1, -0.05) is 46.3 Å². The first kappa shape index (κ1) is 16.8. The summed E-state index contributed by atoms with van der Waals surface area (Å²) in [5, 5.41) is 0. The van der Waals surface area contributed by atoms with E-state index in [4.69, 9.17) is 4.74 Å². The molecule has 120 valence electrons. The molecule has 0 radical (unpaired) electrons. The molecule has 24 heavy (non-hydrogen) atoms. The summed E-state index contributed by atoms with van der Waals surface area (Å²) in [5.74, 6) is -0.377. The minimum absolute atomic E-state index is 0.100. The van der Waals surface area contributed by atoms with Crippen LogP contribution in [0.3, 0.4) is 0 Å². The molecule has 3 rings (SSSR count). The fraction of sp³-hybridized carbons (Fsp3) is 0.0556. The van der Waals surface area contributed by atoms with Crippen molar-refractivity contribution < 1.29 is 9.53 Å². The quantitative estimate of drug-likeness (QED) is 0.531. The number of nitrogens with zero attached hydrogens (tertiary/aromatic N) is 2.